The van der Waals surface area contributed by atoms with Gasteiger partial charge in [0.1, 0.15) is 11.0 Å². The zero-order chi connectivity index (χ0) is 12.7. The third-order valence-electron chi connectivity index (χ3n) is 3.31. The molecule has 0 fully saturated rings. The zero-order valence-corrected chi connectivity index (χ0v) is 11.3. The number of nitrogens with zero attached hydrogens (tertiary/aromatic N) is 1. The van der Waals surface area contributed by atoms with Crippen LogP contribution in [0.2, 0.25) is 0 Å². The van der Waals surface area contributed by atoms with Crippen molar-refractivity contribution in [3.05, 3.63) is 16.0 Å². The van der Waals surface area contributed by atoms with E-state index in [2.05, 4.69) is 5.32 Å². The third-order valence-corrected chi connectivity index (χ3v) is 4.44. The standard InChI is InChI=1S/C12H16N2O2S/c1-5-8-10(15)13-11-9(12(16)14(8)4)6(2)7(3)17-11/h8H,5H2,1-4H3,(H,13,15)/t8-/m0/s1. The molecule has 0 aromatic carbocycles. The average Bonchev–Trinajstić information content (AvgIpc) is 2.49. The largest absolute Gasteiger partial charge is 0.330 e. The van der Waals surface area contributed by atoms with E-state index in [0.29, 0.717) is 17.0 Å². The first-order valence-corrected chi connectivity index (χ1v) is 6.47. The Morgan fingerprint density at radius 2 is 2.00 bits per heavy atom. The van der Waals surface area contributed by atoms with Crippen LogP contribution in [-0.2, 0) is 4.79 Å². The second kappa shape index (κ2) is 4.14. The minimum atomic E-state index is -0.373. The Morgan fingerprint density at radius 1 is 1.35 bits per heavy atom. The van der Waals surface area contributed by atoms with Crippen molar-refractivity contribution in [1.29, 1.82) is 0 Å². The molecule has 1 N–H and O–H groups in total. The fraction of sp³-hybridized carbons (Fsp3) is 0.500. The lowest BCUT2D eigenvalue weighted by molar-refractivity contribution is -0.120. The molecule has 0 aliphatic carbocycles. The monoisotopic (exact) mass is 252 g/mol. The number of carbonyl (C=O) groups is 2. The van der Waals surface area contributed by atoms with E-state index < -0.39 is 0 Å². The van der Waals surface area contributed by atoms with Crippen molar-refractivity contribution >= 4 is 28.2 Å². The summed E-state index contributed by atoms with van der Waals surface area (Å²) in [6.45, 7) is 5.80. The summed E-state index contributed by atoms with van der Waals surface area (Å²) in [4.78, 5) is 26.9. The molecule has 0 saturated heterocycles. The normalized spacial score (nSPS) is 20.0. The number of hydrogen-bond acceptors (Lipinski definition) is 3. The first kappa shape index (κ1) is 12.1. The smallest absolute Gasteiger partial charge is 0.257 e. The molecule has 2 rings (SSSR count). The molecule has 0 radical (unpaired) electrons. The molecule has 1 aliphatic rings. The fourth-order valence-corrected chi connectivity index (χ4v) is 3.18. The number of carbonyl (C=O) groups excluding carboxylic acids is 2. The molecule has 0 unspecified atom stereocenters. The number of anilines is 1. The average molecular weight is 252 g/mol. The van der Waals surface area contributed by atoms with Crippen LogP contribution in [-0.4, -0.2) is 29.8 Å². The Bertz CT molecular complexity index is 493. The van der Waals surface area contributed by atoms with Crippen molar-refractivity contribution in [3.8, 4) is 0 Å². The summed E-state index contributed by atoms with van der Waals surface area (Å²) in [5.41, 5.74) is 1.62. The van der Waals surface area contributed by atoms with Gasteiger partial charge in [0, 0.05) is 11.9 Å². The van der Waals surface area contributed by atoms with Crippen LogP contribution >= 0.6 is 11.3 Å². The van der Waals surface area contributed by atoms with E-state index >= 15 is 0 Å². The lowest BCUT2D eigenvalue weighted by Crippen LogP contribution is -2.42. The predicted molar refractivity (Wildman–Crippen MR) is 68.6 cm³/mol. The van der Waals surface area contributed by atoms with Gasteiger partial charge in [-0.2, -0.15) is 0 Å². The van der Waals surface area contributed by atoms with E-state index in [1.807, 2.05) is 20.8 Å². The van der Waals surface area contributed by atoms with Gasteiger partial charge >= 0.3 is 0 Å². The number of fused-ring (bicyclic) bond motifs is 1. The highest BCUT2D eigenvalue weighted by Gasteiger charge is 2.34. The molecule has 0 saturated carbocycles. The van der Waals surface area contributed by atoms with Gasteiger partial charge in [0.25, 0.3) is 5.91 Å². The number of aryl methyl sites for hydroxylation is 1. The Kier molecular flexibility index (Phi) is 2.95. The highest BCUT2D eigenvalue weighted by atomic mass is 32.1. The molecule has 2 amide bonds. The van der Waals surface area contributed by atoms with Crippen LogP contribution in [0.4, 0.5) is 5.00 Å². The summed E-state index contributed by atoms with van der Waals surface area (Å²) in [7, 11) is 1.69. The van der Waals surface area contributed by atoms with Crippen LogP contribution in [0.25, 0.3) is 0 Å². The Morgan fingerprint density at radius 3 is 2.59 bits per heavy atom. The number of hydrogen-bond donors (Lipinski definition) is 1. The van der Waals surface area contributed by atoms with Crippen LogP contribution in [0.1, 0.15) is 34.1 Å². The highest BCUT2D eigenvalue weighted by molar-refractivity contribution is 7.16. The minimum Gasteiger partial charge on any atom is -0.330 e. The van der Waals surface area contributed by atoms with Crippen LogP contribution in [0, 0.1) is 13.8 Å². The number of nitrogens with one attached hydrogen (secondary N) is 1. The molecule has 5 heteroatoms. The number of amides is 2. The second-order valence-corrected chi connectivity index (χ2v) is 5.54. The van der Waals surface area contributed by atoms with Crippen molar-refractivity contribution in [2.24, 2.45) is 0 Å². The molecular formula is C12H16N2O2S. The first-order valence-electron chi connectivity index (χ1n) is 5.65. The lowest BCUT2D eigenvalue weighted by Gasteiger charge is -2.23. The van der Waals surface area contributed by atoms with Crippen LogP contribution in [0.3, 0.4) is 0 Å². The van der Waals surface area contributed by atoms with Gasteiger partial charge in [-0.3, -0.25) is 9.59 Å². The van der Waals surface area contributed by atoms with E-state index in [9.17, 15) is 9.59 Å². The first-order chi connectivity index (χ1) is 7.97. The van der Waals surface area contributed by atoms with Gasteiger partial charge in [-0.15, -0.1) is 11.3 Å². The Hall–Kier alpha value is -1.36. The highest BCUT2D eigenvalue weighted by Crippen LogP contribution is 2.35. The molecule has 1 aromatic heterocycles. The summed E-state index contributed by atoms with van der Waals surface area (Å²) in [5, 5.41) is 3.56. The second-order valence-electron chi connectivity index (χ2n) is 4.32. The van der Waals surface area contributed by atoms with Gasteiger partial charge < -0.3 is 10.2 Å². The molecule has 2 heterocycles. The zero-order valence-electron chi connectivity index (χ0n) is 10.5. The van der Waals surface area contributed by atoms with Crippen LogP contribution in [0.15, 0.2) is 0 Å². The van der Waals surface area contributed by atoms with E-state index in [4.69, 9.17) is 0 Å². The summed E-state index contributed by atoms with van der Waals surface area (Å²) in [6, 6.07) is -0.373. The van der Waals surface area contributed by atoms with Gasteiger partial charge in [0.05, 0.1) is 5.56 Å². The van der Waals surface area contributed by atoms with E-state index in [1.165, 1.54) is 11.3 Å². The van der Waals surface area contributed by atoms with Gasteiger partial charge in [-0.1, -0.05) is 6.92 Å². The van der Waals surface area contributed by atoms with E-state index in [1.54, 1.807) is 11.9 Å². The SMILES string of the molecule is CC[C@H]1C(=O)Nc2sc(C)c(C)c2C(=O)N1C. The summed E-state index contributed by atoms with van der Waals surface area (Å²) >= 11 is 1.47. The lowest BCUT2D eigenvalue weighted by atomic mass is 10.1. The number of likely N-dealkylation sites (N-methyl/N-ethyl adjacent to an activating group) is 1. The molecule has 1 aliphatic heterocycles. The van der Waals surface area contributed by atoms with Crippen LogP contribution < -0.4 is 5.32 Å². The Balaban J connectivity index is 2.55. The van der Waals surface area contributed by atoms with Crippen molar-refractivity contribution < 1.29 is 9.59 Å². The van der Waals surface area contributed by atoms with E-state index in [-0.39, 0.29) is 17.9 Å². The van der Waals surface area contributed by atoms with Gasteiger partial charge in [-0.05, 0) is 25.8 Å². The molecule has 1 aromatic rings. The number of thiophene rings is 1. The molecule has 1 atom stereocenters. The topological polar surface area (TPSA) is 49.4 Å². The third kappa shape index (κ3) is 1.74. The van der Waals surface area contributed by atoms with Crippen molar-refractivity contribution in [2.45, 2.75) is 33.2 Å². The maximum absolute atomic E-state index is 12.3. The van der Waals surface area contributed by atoms with Gasteiger partial charge in [0.15, 0.2) is 0 Å². The molecule has 0 bridgehead atoms. The molecular weight excluding hydrogens is 236 g/mol. The van der Waals surface area contributed by atoms with Gasteiger partial charge in [0.2, 0.25) is 5.91 Å². The molecule has 17 heavy (non-hydrogen) atoms. The number of rotatable bonds is 1. The maximum atomic E-state index is 12.3. The maximum Gasteiger partial charge on any atom is 0.257 e. The van der Waals surface area contributed by atoms with Gasteiger partial charge in [-0.25, -0.2) is 0 Å². The summed E-state index contributed by atoms with van der Waals surface area (Å²) < 4.78 is 0. The van der Waals surface area contributed by atoms with Crippen molar-refractivity contribution in [2.75, 3.05) is 12.4 Å². The predicted octanol–water partition coefficient (Wildman–Crippen LogP) is 2.17. The Labute approximate surface area is 105 Å². The fourth-order valence-electron chi connectivity index (χ4n) is 2.12. The summed E-state index contributed by atoms with van der Waals surface area (Å²) in [5.74, 6) is -0.157. The molecule has 0 spiro atoms. The minimum absolute atomic E-state index is 0.0629. The summed E-state index contributed by atoms with van der Waals surface area (Å²) in [6.07, 6.45) is 0.626. The van der Waals surface area contributed by atoms with Crippen molar-refractivity contribution in [3.63, 3.8) is 0 Å². The van der Waals surface area contributed by atoms with E-state index in [0.717, 1.165) is 10.4 Å². The quantitative estimate of drug-likeness (QED) is 0.832. The van der Waals surface area contributed by atoms with Crippen LogP contribution in [0.5, 0.6) is 0 Å². The van der Waals surface area contributed by atoms with Crippen molar-refractivity contribution in [1.82, 2.24) is 4.90 Å². The molecule has 4 nitrogen and oxygen atoms in total. The molecule has 92 valence electrons.